The molecule has 0 saturated carbocycles. The van der Waals surface area contributed by atoms with E-state index in [1.54, 1.807) is 11.3 Å². The largest absolute Gasteiger partial charge is 0.455 e. The summed E-state index contributed by atoms with van der Waals surface area (Å²) >= 11 is 1.78. The first kappa shape index (κ1) is 25.2. The molecule has 0 spiro atoms. The van der Waals surface area contributed by atoms with Crippen molar-refractivity contribution in [3.63, 3.8) is 0 Å². The van der Waals surface area contributed by atoms with Gasteiger partial charge in [-0.3, -0.25) is 0 Å². The number of nitrogens with zero attached hydrogens (tertiary/aromatic N) is 2. The van der Waals surface area contributed by atoms with Gasteiger partial charge in [0.05, 0.1) is 11.5 Å². The van der Waals surface area contributed by atoms with Gasteiger partial charge in [-0.2, -0.15) is 4.57 Å². The lowest BCUT2D eigenvalue weighted by Gasteiger charge is -2.29. The molecule has 204 valence electrons. The third-order valence-corrected chi connectivity index (χ3v) is 9.95. The van der Waals surface area contributed by atoms with Crippen LogP contribution in [0.5, 0.6) is 0 Å². The van der Waals surface area contributed by atoms with E-state index < -0.39 is 0 Å². The van der Waals surface area contributed by atoms with Crippen LogP contribution in [-0.4, -0.2) is 0 Å². The quantitative estimate of drug-likeness (QED) is 0.151. The van der Waals surface area contributed by atoms with Gasteiger partial charge in [-0.15, -0.1) is 11.3 Å². The topological polar surface area (TPSA) is 20.9 Å². The zero-order chi connectivity index (χ0) is 28.4. The third kappa shape index (κ3) is 3.86. The van der Waals surface area contributed by atoms with E-state index in [1.165, 1.54) is 60.1 Å². The molecule has 0 N–H and O–H groups in total. The van der Waals surface area contributed by atoms with E-state index >= 15 is 0 Å². The predicted octanol–water partition coefficient (Wildman–Crippen LogP) is 9.01. The number of fused-ring (bicyclic) bond motifs is 7. The van der Waals surface area contributed by atoms with Crippen molar-refractivity contribution in [2.45, 2.75) is 31.7 Å². The highest BCUT2D eigenvalue weighted by molar-refractivity contribution is 7.17. The zero-order valence-electron chi connectivity index (χ0n) is 23.9. The van der Waals surface area contributed by atoms with Gasteiger partial charge >= 0.3 is 0 Å². The molecular weight excluding hydrogens is 532 g/mol. The Kier molecular flexibility index (Phi) is 5.87. The van der Waals surface area contributed by atoms with Crippen molar-refractivity contribution in [1.29, 1.82) is 0 Å². The molecule has 0 aliphatic carbocycles. The van der Waals surface area contributed by atoms with Gasteiger partial charge < -0.3 is 4.42 Å². The van der Waals surface area contributed by atoms with Crippen molar-refractivity contribution < 1.29 is 13.6 Å². The highest BCUT2D eigenvalue weighted by Crippen LogP contribution is 2.43. The molecule has 5 heterocycles. The minimum Gasteiger partial charge on any atom is -0.455 e. The predicted molar refractivity (Wildman–Crippen MR) is 173 cm³/mol. The van der Waals surface area contributed by atoms with Gasteiger partial charge in [-0.1, -0.05) is 36.9 Å². The van der Waals surface area contributed by atoms with Crippen molar-refractivity contribution in [2.75, 3.05) is 0 Å². The summed E-state index contributed by atoms with van der Waals surface area (Å²) in [5.41, 5.74) is 10.8. The molecule has 42 heavy (non-hydrogen) atoms. The van der Waals surface area contributed by atoms with Crippen LogP contribution in [0, 0.1) is 6.92 Å². The van der Waals surface area contributed by atoms with Gasteiger partial charge in [0.25, 0.3) is 0 Å². The third-order valence-electron chi connectivity index (χ3n) is 9.07. The molecule has 0 bridgehead atoms. The molecule has 0 fully saturated rings. The molecule has 7 aromatic rings. The first-order valence-electron chi connectivity index (χ1n) is 14.6. The number of aromatic nitrogens is 2. The fourth-order valence-corrected chi connectivity index (χ4v) is 7.87. The van der Waals surface area contributed by atoms with Crippen LogP contribution in [0.4, 0.5) is 0 Å². The van der Waals surface area contributed by atoms with Crippen LogP contribution in [0.25, 0.3) is 54.5 Å². The molecule has 1 aliphatic heterocycles. The van der Waals surface area contributed by atoms with Crippen LogP contribution in [0.1, 0.15) is 35.1 Å². The van der Waals surface area contributed by atoms with Crippen molar-refractivity contribution in [1.82, 2.24) is 0 Å². The fraction of sp³-hybridized carbons (Fsp3) is 0.158. The number of benzene rings is 3. The van der Waals surface area contributed by atoms with Gasteiger partial charge in [0.15, 0.2) is 18.4 Å². The molecule has 2 unspecified atom stereocenters. The van der Waals surface area contributed by atoms with Crippen LogP contribution >= 0.6 is 11.3 Å². The SMILES string of the molecule is C=CC1C(CCc2ccc3c(oc4cc5ccsc5cc43)c2-c2cccc[n+]2C)c2ccccc2-c2ccc(C)c[n+]21. The van der Waals surface area contributed by atoms with Crippen molar-refractivity contribution in [2.24, 2.45) is 7.05 Å². The molecule has 0 saturated heterocycles. The number of allylic oxidation sites excluding steroid dienone is 1. The number of hydrogen-bond donors (Lipinski definition) is 0. The minimum atomic E-state index is 0.189. The molecule has 0 radical (unpaired) electrons. The summed E-state index contributed by atoms with van der Waals surface area (Å²) in [6.45, 7) is 6.48. The van der Waals surface area contributed by atoms with E-state index in [-0.39, 0.29) is 6.04 Å². The monoisotopic (exact) mass is 564 g/mol. The van der Waals surface area contributed by atoms with E-state index in [0.29, 0.717) is 5.92 Å². The second-order valence-corrected chi connectivity index (χ2v) is 12.5. The van der Waals surface area contributed by atoms with Gasteiger partial charge in [0.2, 0.25) is 11.4 Å². The van der Waals surface area contributed by atoms with Crippen molar-refractivity contribution in [3.05, 3.63) is 132 Å². The van der Waals surface area contributed by atoms with Gasteiger partial charge in [0.1, 0.15) is 18.2 Å². The Morgan fingerprint density at radius 2 is 1.81 bits per heavy atom. The van der Waals surface area contributed by atoms with E-state index in [9.17, 15) is 0 Å². The number of aryl methyl sites for hydroxylation is 3. The minimum absolute atomic E-state index is 0.189. The fourth-order valence-electron chi connectivity index (χ4n) is 7.06. The number of furan rings is 1. The van der Waals surface area contributed by atoms with E-state index in [4.69, 9.17) is 4.42 Å². The van der Waals surface area contributed by atoms with Gasteiger partial charge in [0, 0.05) is 44.8 Å². The summed E-state index contributed by atoms with van der Waals surface area (Å²) in [4.78, 5) is 0. The Balaban J connectivity index is 1.28. The van der Waals surface area contributed by atoms with E-state index in [2.05, 4.69) is 138 Å². The lowest BCUT2D eigenvalue weighted by atomic mass is 9.79. The van der Waals surface area contributed by atoms with Crippen molar-refractivity contribution in [3.8, 4) is 22.5 Å². The number of thiophene rings is 1. The molecule has 8 rings (SSSR count). The Hall–Kier alpha value is -4.54. The van der Waals surface area contributed by atoms with Gasteiger partial charge in [-0.05, 0) is 84.1 Å². The maximum Gasteiger partial charge on any atom is 0.216 e. The van der Waals surface area contributed by atoms with Crippen LogP contribution < -0.4 is 9.13 Å². The summed E-state index contributed by atoms with van der Waals surface area (Å²) in [5, 5.41) is 5.74. The second kappa shape index (κ2) is 9.78. The lowest BCUT2D eigenvalue weighted by molar-refractivity contribution is -0.707. The van der Waals surface area contributed by atoms with Crippen LogP contribution in [0.3, 0.4) is 0 Å². The molecule has 3 aromatic carbocycles. The Morgan fingerprint density at radius 1 is 0.929 bits per heavy atom. The summed E-state index contributed by atoms with van der Waals surface area (Å²) in [6.07, 6.45) is 8.47. The van der Waals surface area contributed by atoms with Crippen LogP contribution in [0.2, 0.25) is 0 Å². The average Bonchev–Trinajstić information content (AvgIpc) is 3.62. The van der Waals surface area contributed by atoms with Crippen LogP contribution in [0.15, 0.2) is 120 Å². The maximum atomic E-state index is 6.73. The summed E-state index contributed by atoms with van der Waals surface area (Å²) in [6, 6.07) is 31.2. The summed E-state index contributed by atoms with van der Waals surface area (Å²) in [7, 11) is 2.12. The smallest absolute Gasteiger partial charge is 0.216 e. The first-order chi connectivity index (χ1) is 20.6. The van der Waals surface area contributed by atoms with Crippen LogP contribution in [-0.2, 0) is 13.5 Å². The standard InChI is InChI=1S/C38H32N2OS/c1-4-32-29(27-9-5-6-10-28(27)33-17-12-24(2)23-40(32)33)15-13-25-14-16-30-31-22-36-26(18-20-42-36)21-35(31)41-38(30)37(25)34-11-7-8-19-39(34)3/h4-12,14,16-23,29,32H,1,13,15H2,2-3H3/q+2. The summed E-state index contributed by atoms with van der Waals surface area (Å²) in [5.74, 6) is 0.313. The lowest BCUT2D eigenvalue weighted by Crippen LogP contribution is -2.46. The average molecular weight is 565 g/mol. The van der Waals surface area contributed by atoms with E-state index in [1.807, 2.05) is 0 Å². The number of hydrogen-bond acceptors (Lipinski definition) is 2. The first-order valence-corrected chi connectivity index (χ1v) is 15.5. The normalized spacial score (nSPS) is 16.1. The Bertz CT molecular complexity index is 2170. The molecule has 4 heteroatoms. The maximum absolute atomic E-state index is 6.73. The van der Waals surface area contributed by atoms with Crippen molar-refractivity contribution >= 4 is 43.4 Å². The molecule has 3 nitrogen and oxygen atoms in total. The summed E-state index contributed by atoms with van der Waals surface area (Å²) < 4.78 is 12.7. The molecular formula is C38H32N2OS+2. The molecule has 1 aliphatic rings. The highest BCUT2D eigenvalue weighted by atomic mass is 32.1. The zero-order valence-corrected chi connectivity index (χ0v) is 24.7. The van der Waals surface area contributed by atoms with Gasteiger partial charge in [-0.25, -0.2) is 4.57 Å². The number of rotatable bonds is 5. The molecule has 2 atom stereocenters. The Morgan fingerprint density at radius 3 is 2.69 bits per heavy atom. The number of pyridine rings is 2. The second-order valence-electron chi connectivity index (χ2n) is 11.5. The Labute approximate surface area is 249 Å². The highest BCUT2D eigenvalue weighted by Gasteiger charge is 2.38. The van der Waals surface area contributed by atoms with E-state index in [0.717, 1.165) is 24.0 Å². The molecule has 4 aromatic heterocycles. The molecule has 0 amide bonds.